The Morgan fingerprint density at radius 2 is 2.05 bits per heavy atom. The lowest BCUT2D eigenvalue weighted by atomic mass is 9.98. The molecule has 0 atom stereocenters. The Hall–Kier alpha value is -2.42. The highest BCUT2D eigenvalue weighted by atomic mass is 16.1. The highest BCUT2D eigenvalue weighted by Gasteiger charge is 2.04. The third kappa shape index (κ3) is 3.32. The molecule has 0 aliphatic heterocycles. The van der Waals surface area contributed by atoms with Crippen LogP contribution < -0.4 is 5.32 Å². The van der Waals surface area contributed by atoms with E-state index < -0.39 is 0 Å². The van der Waals surface area contributed by atoms with Crippen molar-refractivity contribution in [1.82, 2.24) is 4.98 Å². The maximum atomic E-state index is 11.2. The van der Waals surface area contributed by atoms with Crippen LogP contribution in [0.3, 0.4) is 0 Å². The van der Waals surface area contributed by atoms with Gasteiger partial charge in [-0.15, -0.1) is 0 Å². The monoisotopic (exact) mass is 266 g/mol. The number of rotatable bonds is 4. The van der Waals surface area contributed by atoms with Gasteiger partial charge < -0.3 is 5.32 Å². The van der Waals surface area contributed by atoms with Gasteiger partial charge in [-0.05, 0) is 35.3 Å². The maximum absolute atomic E-state index is 11.2. The number of carbonyl (C=O) groups is 1. The average molecular weight is 266 g/mol. The van der Waals surface area contributed by atoms with Gasteiger partial charge in [0, 0.05) is 11.8 Å². The molecular weight excluding hydrogens is 248 g/mol. The first-order valence-electron chi connectivity index (χ1n) is 6.60. The Balaban J connectivity index is 2.23. The van der Waals surface area contributed by atoms with Crippen LogP contribution in [0, 0.1) is 0 Å². The van der Waals surface area contributed by atoms with Gasteiger partial charge in [-0.1, -0.05) is 44.7 Å². The molecule has 3 heteroatoms. The van der Waals surface area contributed by atoms with Crippen LogP contribution >= 0.6 is 0 Å². The Morgan fingerprint density at radius 1 is 1.25 bits per heavy atom. The van der Waals surface area contributed by atoms with Gasteiger partial charge in [-0.2, -0.15) is 0 Å². The summed E-state index contributed by atoms with van der Waals surface area (Å²) in [6.07, 6.45) is 2.99. The molecule has 1 aromatic heterocycles. The van der Waals surface area contributed by atoms with E-state index in [9.17, 15) is 4.79 Å². The van der Waals surface area contributed by atoms with Crippen molar-refractivity contribution in [2.24, 2.45) is 0 Å². The molecule has 0 saturated heterocycles. The van der Waals surface area contributed by atoms with Crippen LogP contribution in [-0.4, -0.2) is 10.9 Å². The summed E-state index contributed by atoms with van der Waals surface area (Å²) in [5.41, 5.74) is 3.46. The summed E-state index contributed by atoms with van der Waals surface area (Å²) in [7, 11) is 0. The van der Waals surface area contributed by atoms with Gasteiger partial charge in [-0.3, -0.25) is 4.79 Å². The predicted octanol–water partition coefficient (Wildman–Crippen LogP) is 4.00. The molecule has 102 valence electrons. The molecule has 0 aliphatic rings. The zero-order chi connectivity index (χ0) is 14.5. The zero-order valence-corrected chi connectivity index (χ0v) is 11.8. The standard InChI is InChI=1S/C17H18N2O/c1-4-17(20)19-16-9-8-15(11-18-16)14-7-5-6-13(10-14)12(2)3/h4-12H,1H2,2-3H3,(H,18,19,20). The summed E-state index contributed by atoms with van der Waals surface area (Å²) in [6.45, 7) is 7.75. The number of nitrogens with zero attached hydrogens (tertiary/aromatic N) is 1. The van der Waals surface area contributed by atoms with E-state index in [1.807, 2.05) is 6.07 Å². The minimum absolute atomic E-state index is 0.257. The van der Waals surface area contributed by atoms with Crippen LogP contribution in [0.1, 0.15) is 25.3 Å². The Morgan fingerprint density at radius 3 is 2.65 bits per heavy atom. The lowest BCUT2D eigenvalue weighted by Crippen LogP contribution is -2.08. The van der Waals surface area contributed by atoms with E-state index in [1.165, 1.54) is 11.6 Å². The number of carbonyl (C=O) groups excluding carboxylic acids is 1. The summed E-state index contributed by atoms with van der Waals surface area (Å²) in [5, 5.41) is 2.63. The molecule has 20 heavy (non-hydrogen) atoms. The SMILES string of the molecule is C=CC(=O)Nc1ccc(-c2cccc(C(C)C)c2)cn1. The van der Waals surface area contributed by atoms with Gasteiger partial charge in [0.25, 0.3) is 0 Å². The number of benzene rings is 1. The molecule has 3 nitrogen and oxygen atoms in total. The molecule has 0 aliphatic carbocycles. The number of anilines is 1. The topological polar surface area (TPSA) is 42.0 Å². The largest absolute Gasteiger partial charge is 0.307 e. The van der Waals surface area contributed by atoms with Gasteiger partial charge in [0.1, 0.15) is 5.82 Å². The third-order valence-electron chi connectivity index (χ3n) is 3.09. The molecule has 2 rings (SSSR count). The van der Waals surface area contributed by atoms with Crippen molar-refractivity contribution in [2.75, 3.05) is 5.32 Å². The lowest BCUT2D eigenvalue weighted by Gasteiger charge is -2.08. The molecule has 1 heterocycles. The van der Waals surface area contributed by atoms with Crippen molar-refractivity contribution >= 4 is 11.7 Å². The van der Waals surface area contributed by atoms with Crippen LogP contribution in [0.15, 0.2) is 55.3 Å². The fourth-order valence-corrected chi connectivity index (χ4v) is 1.89. The Kier molecular flexibility index (Phi) is 4.31. The van der Waals surface area contributed by atoms with Gasteiger partial charge in [-0.25, -0.2) is 4.98 Å². The Bertz CT molecular complexity index is 615. The van der Waals surface area contributed by atoms with Crippen LogP contribution in [-0.2, 0) is 4.79 Å². The third-order valence-corrected chi connectivity index (χ3v) is 3.09. The van der Waals surface area contributed by atoms with Gasteiger partial charge >= 0.3 is 0 Å². The minimum atomic E-state index is -0.257. The van der Waals surface area contributed by atoms with E-state index in [0.717, 1.165) is 11.1 Å². The van der Waals surface area contributed by atoms with E-state index in [0.29, 0.717) is 11.7 Å². The zero-order valence-electron chi connectivity index (χ0n) is 11.8. The molecule has 1 aromatic carbocycles. The average Bonchev–Trinajstić information content (AvgIpc) is 2.48. The first kappa shape index (κ1) is 14.0. The van der Waals surface area contributed by atoms with Crippen LogP contribution in [0.5, 0.6) is 0 Å². The van der Waals surface area contributed by atoms with E-state index in [4.69, 9.17) is 0 Å². The maximum Gasteiger partial charge on any atom is 0.248 e. The summed E-state index contributed by atoms with van der Waals surface area (Å²) in [4.78, 5) is 15.4. The Labute approximate surface area is 119 Å². The molecule has 1 amide bonds. The predicted molar refractivity (Wildman–Crippen MR) is 82.6 cm³/mol. The summed E-state index contributed by atoms with van der Waals surface area (Å²) >= 11 is 0. The highest BCUT2D eigenvalue weighted by molar-refractivity contribution is 5.98. The highest BCUT2D eigenvalue weighted by Crippen LogP contribution is 2.24. The lowest BCUT2D eigenvalue weighted by molar-refractivity contribution is -0.111. The van der Waals surface area contributed by atoms with Crippen LogP contribution in [0.25, 0.3) is 11.1 Å². The normalized spacial score (nSPS) is 10.3. The molecule has 0 unspecified atom stereocenters. The number of pyridine rings is 1. The van der Waals surface area contributed by atoms with Crippen molar-refractivity contribution in [3.05, 3.63) is 60.8 Å². The summed E-state index contributed by atoms with van der Waals surface area (Å²) in [6, 6.07) is 12.1. The van der Waals surface area contributed by atoms with Crippen molar-refractivity contribution in [2.45, 2.75) is 19.8 Å². The summed E-state index contributed by atoms with van der Waals surface area (Å²) in [5.74, 6) is 0.764. The molecule has 0 radical (unpaired) electrons. The molecule has 1 N–H and O–H groups in total. The molecule has 0 spiro atoms. The number of hydrogen-bond acceptors (Lipinski definition) is 2. The minimum Gasteiger partial charge on any atom is -0.307 e. The fourth-order valence-electron chi connectivity index (χ4n) is 1.89. The van der Waals surface area contributed by atoms with Crippen molar-refractivity contribution in [3.63, 3.8) is 0 Å². The number of amides is 1. The second-order valence-corrected chi connectivity index (χ2v) is 4.91. The van der Waals surface area contributed by atoms with E-state index in [2.05, 4.69) is 55.0 Å². The number of nitrogens with one attached hydrogen (secondary N) is 1. The van der Waals surface area contributed by atoms with Gasteiger partial charge in [0.2, 0.25) is 5.91 Å². The first-order chi connectivity index (χ1) is 9.60. The fraction of sp³-hybridized carbons (Fsp3) is 0.176. The van der Waals surface area contributed by atoms with Gasteiger partial charge in [0.15, 0.2) is 0 Å². The van der Waals surface area contributed by atoms with Gasteiger partial charge in [0.05, 0.1) is 0 Å². The number of hydrogen-bond donors (Lipinski definition) is 1. The van der Waals surface area contributed by atoms with E-state index in [-0.39, 0.29) is 5.91 Å². The molecule has 0 fully saturated rings. The quantitative estimate of drug-likeness (QED) is 0.850. The van der Waals surface area contributed by atoms with E-state index >= 15 is 0 Å². The van der Waals surface area contributed by atoms with Crippen molar-refractivity contribution < 1.29 is 4.79 Å². The van der Waals surface area contributed by atoms with Crippen molar-refractivity contribution in [1.29, 1.82) is 0 Å². The second-order valence-electron chi connectivity index (χ2n) is 4.91. The summed E-state index contributed by atoms with van der Waals surface area (Å²) < 4.78 is 0. The molecule has 0 bridgehead atoms. The van der Waals surface area contributed by atoms with Crippen LogP contribution in [0.4, 0.5) is 5.82 Å². The number of aromatic nitrogens is 1. The first-order valence-corrected chi connectivity index (χ1v) is 6.60. The molecular formula is C17H18N2O. The smallest absolute Gasteiger partial charge is 0.248 e. The molecule has 0 saturated carbocycles. The molecule has 2 aromatic rings. The second kappa shape index (κ2) is 6.15. The van der Waals surface area contributed by atoms with Crippen molar-refractivity contribution in [3.8, 4) is 11.1 Å². The van der Waals surface area contributed by atoms with E-state index in [1.54, 1.807) is 12.3 Å². The van der Waals surface area contributed by atoms with Crippen LogP contribution in [0.2, 0.25) is 0 Å².